The van der Waals surface area contributed by atoms with Crippen LogP contribution >= 0.6 is 11.6 Å². The molecule has 1 saturated carbocycles. The Labute approximate surface area is 208 Å². The van der Waals surface area contributed by atoms with Gasteiger partial charge in [-0.2, -0.15) is 0 Å². The first-order valence-electron chi connectivity index (χ1n) is 11.9. The predicted molar refractivity (Wildman–Crippen MR) is 136 cm³/mol. The van der Waals surface area contributed by atoms with Gasteiger partial charge in [-0.15, -0.1) is 0 Å². The first-order chi connectivity index (χ1) is 17.1. The summed E-state index contributed by atoms with van der Waals surface area (Å²) >= 11 is 6.51. The molecule has 5 rings (SSSR count). The highest BCUT2D eigenvalue weighted by atomic mass is 35.5. The molecule has 2 aromatic carbocycles. The van der Waals surface area contributed by atoms with Crippen molar-refractivity contribution in [1.82, 2.24) is 15.0 Å². The lowest BCUT2D eigenvalue weighted by Crippen LogP contribution is -2.24. The van der Waals surface area contributed by atoms with Gasteiger partial charge in [0.2, 0.25) is 0 Å². The maximum Gasteiger partial charge on any atom is 0.196 e. The topological polar surface area (TPSA) is 100 Å². The van der Waals surface area contributed by atoms with E-state index in [0.717, 1.165) is 32.2 Å². The van der Waals surface area contributed by atoms with Gasteiger partial charge in [0.15, 0.2) is 5.78 Å². The molecule has 2 heterocycles. The van der Waals surface area contributed by atoms with Crippen LogP contribution in [0.1, 0.15) is 41.6 Å². The lowest BCUT2D eigenvalue weighted by molar-refractivity contribution is 0.104. The molecule has 3 N–H and O–H groups in total. The van der Waals surface area contributed by atoms with Crippen LogP contribution in [0.4, 0.5) is 5.82 Å². The van der Waals surface area contributed by atoms with Gasteiger partial charge in [0.1, 0.15) is 29.3 Å². The van der Waals surface area contributed by atoms with Gasteiger partial charge < -0.3 is 20.1 Å². The van der Waals surface area contributed by atoms with Crippen molar-refractivity contribution in [3.63, 3.8) is 0 Å². The second-order valence-corrected chi connectivity index (χ2v) is 9.40. The molecule has 7 nitrogen and oxygen atoms in total. The second-order valence-electron chi connectivity index (χ2n) is 9.00. The standard InChI is InChI=1S/C27H27ClN4O3/c28-23-12-20(35-19-7-2-1-3-8-19)9-10-21(23)25(34)22-14-30-27-24(22)26(31-16-32-27)29-13-17-5-4-6-18(11-17)15-33/h1-3,7-10,12,14,16-18,33H,4-6,11,13,15H2,(H2,29,30,31,32). The Bertz CT molecular complexity index is 1320. The molecule has 1 fully saturated rings. The van der Waals surface area contributed by atoms with Crippen LogP contribution in [0.3, 0.4) is 0 Å². The Morgan fingerprint density at radius 2 is 1.91 bits per heavy atom. The van der Waals surface area contributed by atoms with Crippen LogP contribution in [0.25, 0.3) is 11.0 Å². The van der Waals surface area contributed by atoms with E-state index in [2.05, 4.69) is 20.3 Å². The molecule has 1 aliphatic carbocycles. The van der Waals surface area contributed by atoms with E-state index >= 15 is 0 Å². The van der Waals surface area contributed by atoms with Crippen molar-refractivity contribution < 1.29 is 14.6 Å². The lowest BCUT2D eigenvalue weighted by Gasteiger charge is -2.28. The van der Waals surface area contributed by atoms with E-state index in [4.69, 9.17) is 16.3 Å². The van der Waals surface area contributed by atoms with Crippen LogP contribution < -0.4 is 10.1 Å². The average molecular weight is 491 g/mol. The summed E-state index contributed by atoms with van der Waals surface area (Å²) in [5, 5.41) is 13.9. The maximum atomic E-state index is 13.5. The molecule has 8 heteroatoms. The van der Waals surface area contributed by atoms with Crippen molar-refractivity contribution in [3.8, 4) is 11.5 Å². The van der Waals surface area contributed by atoms with E-state index in [1.54, 1.807) is 24.4 Å². The normalized spacial score (nSPS) is 17.9. The summed E-state index contributed by atoms with van der Waals surface area (Å²) in [7, 11) is 0. The Balaban J connectivity index is 1.37. The first kappa shape index (κ1) is 23.3. The Morgan fingerprint density at radius 1 is 1.09 bits per heavy atom. The van der Waals surface area contributed by atoms with Gasteiger partial charge >= 0.3 is 0 Å². The predicted octanol–water partition coefficient (Wildman–Crippen LogP) is 5.85. The van der Waals surface area contributed by atoms with E-state index in [1.165, 1.54) is 6.33 Å². The van der Waals surface area contributed by atoms with Gasteiger partial charge in [0, 0.05) is 31.0 Å². The maximum absolute atomic E-state index is 13.5. The van der Waals surface area contributed by atoms with Crippen molar-refractivity contribution in [2.24, 2.45) is 11.8 Å². The molecule has 35 heavy (non-hydrogen) atoms. The third kappa shape index (κ3) is 5.16. The number of hydrogen-bond acceptors (Lipinski definition) is 6. The summed E-state index contributed by atoms with van der Waals surface area (Å²) in [5.74, 6) is 2.46. The summed E-state index contributed by atoms with van der Waals surface area (Å²) in [6.45, 7) is 0.967. The van der Waals surface area contributed by atoms with Crippen LogP contribution in [0.2, 0.25) is 5.02 Å². The molecule has 2 aromatic heterocycles. The number of fused-ring (bicyclic) bond motifs is 1. The van der Waals surface area contributed by atoms with Crippen molar-refractivity contribution in [1.29, 1.82) is 0 Å². The van der Waals surface area contributed by atoms with E-state index in [1.807, 2.05) is 30.3 Å². The number of benzene rings is 2. The molecule has 0 spiro atoms. The van der Waals surface area contributed by atoms with Crippen molar-refractivity contribution in [3.05, 3.63) is 77.2 Å². The summed E-state index contributed by atoms with van der Waals surface area (Å²) in [6.07, 6.45) is 7.44. The average Bonchev–Trinajstić information content (AvgIpc) is 3.33. The highest BCUT2D eigenvalue weighted by Crippen LogP contribution is 2.32. The molecule has 0 aliphatic heterocycles. The quantitative estimate of drug-likeness (QED) is 0.268. The van der Waals surface area contributed by atoms with E-state index in [-0.39, 0.29) is 12.4 Å². The van der Waals surface area contributed by atoms with Crippen molar-refractivity contribution >= 4 is 34.2 Å². The molecular formula is C27H27ClN4O3. The summed E-state index contributed by atoms with van der Waals surface area (Å²) in [5.41, 5.74) is 1.42. The molecule has 0 amide bonds. The highest BCUT2D eigenvalue weighted by molar-refractivity contribution is 6.35. The van der Waals surface area contributed by atoms with Gasteiger partial charge in [-0.3, -0.25) is 4.79 Å². The van der Waals surface area contributed by atoms with Gasteiger partial charge in [-0.05, 0) is 55.4 Å². The number of H-pyrrole nitrogens is 1. The van der Waals surface area contributed by atoms with Crippen LogP contribution in [0, 0.1) is 11.8 Å². The van der Waals surface area contributed by atoms with E-state index in [9.17, 15) is 9.90 Å². The largest absolute Gasteiger partial charge is 0.457 e. The number of aromatic amines is 1. The number of halogens is 1. The fraction of sp³-hybridized carbons (Fsp3) is 0.296. The Hall–Kier alpha value is -3.42. The molecule has 0 bridgehead atoms. The number of aromatic nitrogens is 3. The molecule has 1 aliphatic rings. The monoisotopic (exact) mass is 490 g/mol. The summed E-state index contributed by atoms with van der Waals surface area (Å²) < 4.78 is 5.83. The number of carbonyl (C=O) groups excluding carboxylic acids is 1. The minimum Gasteiger partial charge on any atom is -0.457 e. The Kier molecular flexibility index (Phi) is 6.97. The van der Waals surface area contributed by atoms with Crippen molar-refractivity contribution in [2.75, 3.05) is 18.5 Å². The third-order valence-corrected chi connectivity index (χ3v) is 6.90. The molecule has 4 aromatic rings. The first-order valence-corrected chi connectivity index (χ1v) is 12.2. The number of para-hydroxylation sites is 1. The van der Waals surface area contributed by atoms with Crippen LogP contribution in [0.5, 0.6) is 11.5 Å². The van der Waals surface area contributed by atoms with Crippen LogP contribution in [-0.4, -0.2) is 39.0 Å². The van der Waals surface area contributed by atoms with Gasteiger partial charge in [-0.1, -0.05) is 36.2 Å². The highest BCUT2D eigenvalue weighted by Gasteiger charge is 2.24. The SMILES string of the molecule is O=C(c1ccc(Oc2ccccc2)cc1Cl)c1c[nH]c2ncnc(NCC3CCCC(CO)C3)c12. The van der Waals surface area contributed by atoms with Gasteiger partial charge in [-0.25, -0.2) is 9.97 Å². The number of rotatable bonds is 8. The number of aliphatic hydroxyl groups excluding tert-OH is 1. The fourth-order valence-electron chi connectivity index (χ4n) is 4.78. The zero-order valence-electron chi connectivity index (χ0n) is 19.2. The zero-order valence-corrected chi connectivity index (χ0v) is 20.0. The zero-order chi connectivity index (χ0) is 24.2. The number of ether oxygens (including phenoxy) is 1. The molecule has 180 valence electrons. The van der Waals surface area contributed by atoms with Gasteiger partial charge in [0.05, 0.1) is 16.0 Å². The van der Waals surface area contributed by atoms with Crippen LogP contribution in [-0.2, 0) is 0 Å². The van der Waals surface area contributed by atoms with E-state index < -0.39 is 0 Å². The minimum atomic E-state index is -0.219. The van der Waals surface area contributed by atoms with Crippen molar-refractivity contribution in [2.45, 2.75) is 25.7 Å². The van der Waals surface area contributed by atoms with E-state index in [0.29, 0.717) is 56.3 Å². The Morgan fingerprint density at radius 3 is 2.71 bits per heavy atom. The van der Waals surface area contributed by atoms with Crippen LogP contribution in [0.15, 0.2) is 61.1 Å². The number of ketones is 1. The molecule has 2 unspecified atom stereocenters. The number of hydrogen-bond donors (Lipinski definition) is 3. The number of nitrogens with zero attached hydrogens (tertiary/aromatic N) is 2. The molecule has 0 radical (unpaired) electrons. The second kappa shape index (κ2) is 10.5. The number of nitrogens with one attached hydrogen (secondary N) is 2. The minimum absolute atomic E-state index is 0.219. The number of anilines is 1. The molecule has 0 saturated heterocycles. The number of carbonyl (C=O) groups is 1. The summed E-state index contributed by atoms with van der Waals surface area (Å²) in [6, 6.07) is 14.4. The van der Waals surface area contributed by atoms with Gasteiger partial charge in [0.25, 0.3) is 0 Å². The third-order valence-electron chi connectivity index (χ3n) is 6.59. The number of aliphatic hydroxyl groups is 1. The molecule has 2 atom stereocenters. The summed E-state index contributed by atoms with van der Waals surface area (Å²) in [4.78, 5) is 25.3. The lowest BCUT2D eigenvalue weighted by atomic mass is 9.82. The molecular weight excluding hydrogens is 464 g/mol. The smallest absolute Gasteiger partial charge is 0.196 e. The fourth-order valence-corrected chi connectivity index (χ4v) is 5.04.